The molecule has 0 aromatic carbocycles. The van der Waals surface area contributed by atoms with Crippen LogP contribution in [0.3, 0.4) is 0 Å². The van der Waals surface area contributed by atoms with Gasteiger partial charge in [0.15, 0.2) is 0 Å². The molecule has 0 bridgehead atoms. The molecule has 0 heterocycles. The topological polar surface area (TPSA) is 58.6 Å². The van der Waals surface area contributed by atoms with Gasteiger partial charge in [0.1, 0.15) is 5.54 Å². The van der Waals surface area contributed by atoms with Crippen molar-refractivity contribution in [3.63, 3.8) is 0 Å². The second-order valence-electron chi connectivity index (χ2n) is 4.60. The minimum absolute atomic E-state index is 0.215. The highest BCUT2D eigenvalue weighted by Crippen LogP contribution is 2.13. The molecule has 0 saturated carbocycles. The molecule has 4 heteroatoms. The summed E-state index contributed by atoms with van der Waals surface area (Å²) in [5.41, 5.74) is -1.11. The first-order valence-electron chi connectivity index (χ1n) is 4.77. The van der Waals surface area contributed by atoms with Gasteiger partial charge in [0, 0.05) is 6.61 Å². The lowest BCUT2D eigenvalue weighted by Crippen LogP contribution is -2.48. The third kappa shape index (κ3) is 4.58. The van der Waals surface area contributed by atoms with E-state index < -0.39 is 11.5 Å². The smallest absolute Gasteiger partial charge is 0.323 e. The molecule has 0 aromatic rings. The Morgan fingerprint density at radius 1 is 1.36 bits per heavy atom. The lowest BCUT2D eigenvalue weighted by Gasteiger charge is -2.26. The Hall–Kier alpha value is -0.610. The van der Waals surface area contributed by atoms with Crippen molar-refractivity contribution < 1.29 is 14.6 Å². The van der Waals surface area contributed by atoms with Crippen LogP contribution in [0, 0.1) is 0 Å². The van der Waals surface area contributed by atoms with Crippen molar-refractivity contribution in [1.29, 1.82) is 0 Å². The van der Waals surface area contributed by atoms with Crippen LogP contribution in [-0.2, 0) is 9.53 Å². The summed E-state index contributed by atoms with van der Waals surface area (Å²) in [6, 6.07) is 0. The molecule has 2 N–H and O–H groups in total. The van der Waals surface area contributed by atoms with Crippen LogP contribution in [0.5, 0.6) is 0 Å². The predicted molar refractivity (Wildman–Crippen MR) is 55.4 cm³/mol. The Labute approximate surface area is 85.6 Å². The van der Waals surface area contributed by atoms with Crippen molar-refractivity contribution in [2.75, 3.05) is 13.7 Å². The lowest BCUT2D eigenvalue weighted by atomic mass is 9.99. The first-order chi connectivity index (χ1) is 6.21. The maximum Gasteiger partial charge on any atom is 0.323 e. The van der Waals surface area contributed by atoms with E-state index in [1.807, 2.05) is 20.8 Å². The molecule has 84 valence electrons. The standard InChI is InChI=1S/C10H21NO3/c1-9(2,3)14-7-6-10(4,11-5)8(12)13/h11H,6-7H2,1-5H3,(H,12,13). The summed E-state index contributed by atoms with van der Waals surface area (Å²) in [4.78, 5) is 10.9. The van der Waals surface area contributed by atoms with E-state index in [2.05, 4.69) is 5.32 Å². The minimum atomic E-state index is -0.898. The van der Waals surface area contributed by atoms with Gasteiger partial charge < -0.3 is 15.2 Å². The molecule has 0 rings (SSSR count). The van der Waals surface area contributed by atoms with Gasteiger partial charge in [0.2, 0.25) is 0 Å². The number of carbonyl (C=O) groups is 1. The molecule has 0 saturated heterocycles. The van der Waals surface area contributed by atoms with Gasteiger partial charge in [-0.2, -0.15) is 0 Å². The van der Waals surface area contributed by atoms with Crippen molar-refractivity contribution in [3.05, 3.63) is 0 Å². The van der Waals surface area contributed by atoms with Crippen LogP contribution in [0.25, 0.3) is 0 Å². The number of hydrogen-bond donors (Lipinski definition) is 2. The Morgan fingerprint density at radius 3 is 2.14 bits per heavy atom. The molecule has 1 atom stereocenters. The number of carboxylic acids is 1. The van der Waals surface area contributed by atoms with Gasteiger partial charge in [0.05, 0.1) is 5.60 Å². The quantitative estimate of drug-likeness (QED) is 0.706. The summed E-state index contributed by atoms with van der Waals surface area (Å²) >= 11 is 0. The highest BCUT2D eigenvalue weighted by molar-refractivity contribution is 5.78. The normalized spacial score (nSPS) is 16.4. The van der Waals surface area contributed by atoms with Crippen LogP contribution in [0.1, 0.15) is 34.1 Å². The summed E-state index contributed by atoms with van der Waals surface area (Å²) in [5, 5.41) is 11.7. The van der Waals surface area contributed by atoms with E-state index in [-0.39, 0.29) is 5.60 Å². The number of likely N-dealkylation sites (N-methyl/N-ethyl adjacent to an activating group) is 1. The van der Waals surface area contributed by atoms with Crippen molar-refractivity contribution in [2.24, 2.45) is 0 Å². The fraction of sp³-hybridized carbons (Fsp3) is 0.900. The number of carboxylic acid groups (broad SMARTS) is 1. The van der Waals surface area contributed by atoms with Gasteiger partial charge >= 0.3 is 5.97 Å². The van der Waals surface area contributed by atoms with Gasteiger partial charge in [0.25, 0.3) is 0 Å². The van der Waals surface area contributed by atoms with Crippen LogP contribution >= 0.6 is 0 Å². The minimum Gasteiger partial charge on any atom is -0.480 e. The molecule has 0 radical (unpaired) electrons. The molecule has 4 nitrogen and oxygen atoms in total. The zero-order valence-corrected chi connectivity index (χ0v) is 9.68. The monoisotopic (exact) mass is 203 g/mol. The zero-order chi connectivity index (χ0) is 11.4. The average Bonchev–Trinajstić information content (AvgIpc) is 2.01. The van der Waals surface area contributed by atoms with Crippen molar-refractivity contribution in [1.82, 2.24) is 5.32 Å². The summed E-state index contributed by atoms with van der Waals surface area (Å²) in [6.45, 7) is 7.94. The van der Waals surface area contributed by atoms with Gasteiger partial charge in [-0.25, -0.2) is 0 Å². The van der Waals surface area contributed by atoms with Gasteiger partial charge in [-0.05, 0) is 41.2 Å². The van der Waals surface area contributed by atoms with E-state index >= 15 is 0 Å². The summed E-state index contributed by atoms with van der Waals surface area (Å²) in [6.07, 6.45) is 0.454. The molecule has 0 aliphatic carbocycles. The van der Waals surface area contributed by atoms with E-state index in [4.69, 9.17) is 9.84 Å². The second kappa shape index (κ2) is 4.75. The third-order valence-corrected chi connectivity index (χ3v) is 2.16. The zero-order valence-electron chi connectivity index (χ0n) is 9.68. The summed E-state index contributed by atoms with van der Waals surface area (Å²) in [7, 11) is 1.64. The van der Waals surface area contributed by atoms with Crippen LogP contribution in [-0.4, -0.2) is 35.9 Å². The van der Waals surface area contributed by atoms with E-state index in [0.717, 1.165) is 0 Å². The van der Waals surface area contributed by atoms with Crippen molar-refractivity contribution >= 4 is 5.97 Å². The van der Waals surface area contributed by atoms with Crippen molar-refractivity contribution in [3.8, 4) is 0 Å². The Morgan fingerprint density at radius 2 is 1.86 bits per heavy atom. The number of nitrogens with one attached hydrogen (secondary N) is 1. The molecule has 0 fully saturated rings. The summed E-state index contributed by atoms with van der Waals surface area (Å²) < 4.78 is 5.47. The number of rotatable bonds is 5. The third-order valence-electron chi connectivity index (χ3n) is 2.16. The van der Waals surface area contributed by atoms with Crippen molar-refractivity contribution in [2.45, 2.75) is 45.3 Å². The molecule has 0 amide bonds. The largest absolute Gasteiger partial charge is 0.480 e. The fourth-order valence-corrected chi connectivity index (χ4v) is 0.900. The molecule has 0 spiro atoms. The van der Waals surface area contributed by atoms with Crippen LogP contribution in [0.15, 0.2) is 0 Å². The molecular weight excluding hydrogens is 182 g/mol. The van der Waals surface area contributed by atoms with E-state index in [1.54, 1.807) is 14.0 Å². The number of ether oxygens (including phenoxy) is 1. The summed E-state index contributed by atoms with van der Waals surface area (Å²) in [5.74, 6) is -0.850. The maximum atomic E-state index is 10.9. The fourth-order valence-electron chi connectivity index (χ4n) is 0.900. The maximum absolute atomic E-state index is 10.9. The molecule has 0 aromatic heterocycles. The van der Waals surface area contributed by atoms with Crippen LogP contribution in [0.2, 0.25) is 0 Å². The molecule has 0 aliphatic heterocycles. The Bertz CT molecular complexity index is 198. The highest BCUT2D eigenvalue weighted by atomic mass is 16.5. The van der Waals surface area contributed by atoms with E-state index in [9.17, 15) is 4.79 Å². The predicted octanol–water partition coefficient (Wildman–Crippen LogP) is 1.25. The second-order valence-corrected chi connectivity index (χ2v) is 4.60. The Kier molecular flexibility index (Phi) is 4.55. The molecule has 1 unspecified atom stereocenters. The number of aliphatic carboxylic acids is 1. The molecule has 14 heavy (non-hydrogen) atoms. The molecule has 0 aliphatic rings. The molecular formula is C10H21NO3. The highest BCUT2D eigenvalue weighted by Gasteiger charge is 2.31. The van der Waals surface area contributed by atoms with Gasteiger partial charge in [-0.1, -0.05) is 0 Å². The van der Waals surface area contributed by atoms with Gasteiger partial charge in [-0.15, -0.1) is 0 Å². The van der Waals surface area contributed by atoms with Crippen LogP contribution < -0.4 is 5.32 Å². The lowest BCUT2D eigenvalue weighted by molar-refractivity contribution is -0.145. The first kappa shape index (κ1) is 13.4. The van der Waals surface area contributed by atoms with Gasteiger partial charge in [-0.3, -0.25) is 4.79 Å². The average molecular weight is 203 g/mol. The SMILES string of the molecule is CNC(C)(CCOC(C)(C)C)C(=O)O. The van der Waals surface area contributed by atoms with Crippen LogP contribution in [0.4, 0.5) is 0 Å². The Balaban J connectivity index is 4.04. The first-order valence-corrected chi connectivity index (χ1v) is 4.77. The van der Waals surface area contributed by atoms with E-state index in [1.165, 1.54) is 0 Å². The van der Waals surface area contributed by atoms with E-state index in [0.29, 0.717) is 13.0 Å². The number of hydrogen-bond acceptors (Lipinski definition) is 3.